The van der Waals surface area contributed by atoms with Gasteiger partial charge in [0.1, 0.15) is 28.6 Å². The molecule has 0 spiro atoms. The molecule has 0 heterocycles. The lowest BCUT2D eigenvalue weighted by Gasteiger charge is -2.50. The maximum Gasteiger partial charge on any atom is 0.255 e. The smallest absolute Gasteiger partial charge is 0.255 e. The maximum absolute atomic E-state index is 13.8. The predicted molar refractivity (Wildman–Crippen MR) is 143 cm³/mol. The summed E-state index contributed by atoms with van der Waals surface area (Å²) in [4.78, 5) is 40.7. The van der Waals surface area contributed by atoms with E-state index in [4.69, 9.17) is 10.5 Å². The van der Waals surface area contributed by atoms with E-state index >= 15 is 0 Å². The number of phenols is 1. The summed E-state index contributed by atoms with van der Waals surface area (Å²) in [5, 5.41) is 44.6. The Hall–Kier alpha value is -4.59. The zero-order valence-electron chi connectivity index (χ0n) is 22.1. The number of aliphatic hydroxyl groups excluding tert-OH is 2. The van der Waals surface area contributed by atoms with E-state index in [9.17, 15) is 34.8 Å². The van der Waals surface area contributed by atoms with E-state index in [1.807, 2.05) is 0 Å². The molecule has 1 amide bonds. The Morgan fingerprint density at radius 3 is 2.50 bits per heavy atom. The summed E-state index contributed by atoms with van der Waals surface area (Å²) in [7, 11) is 4.71. The zero-order valence-corrected chi connectivity index (χ0v) is 22.1. The molecule has 40 heavy (non-hydrogen) atoms. The van der Waals surface area contributed by atoms with Crippen molar-refractivity contribution in [1.82, 2.24) is 4.90 Å². The van der Waals surface area contributed by atoms with Crippen molar-refractivity contribution in [3.05, 3.63) is 81.3 Å². The lowest BCUT2D eigenvalue weighted by atomic mass is 9.58. The summed E-state index contributed by atoms with van der Waals surface area (Å²) in [6, 6.07) is 9.01. The SMILES string of the molecule is COc1cccc(C#Cc2ccc(O)c3c2C[C@H]2C[C@H]4[C@H](N(C)C)C(O)=C(C(N)=O)C(=O)[C@@]4(O)C(O)=C2C3=O)c1. The van der Waals surface area contributed by atoms with Gasteiger partial charge in [-0.25, -0.2) is 0 Å². The number of Topliss-reactive ketones (excluding diaryl/α,β-unsaturated/α-hetero) is 2. The fourth-order valence-electron chi connectivity index (χ4n) is 6.21. The van der Waals surface area contributed by atoms with E-state index < -0.39 is 58.0 Å². The van der Waals surface area contributed by atoms with Crippen molar-refractivity contribution >= 4 is 17.5 Å². The Morgan fingerprint density at radius 2 is 1.85 bits per heavy atom. The monoisotopic (exact) mass is 544 g/mol. The van der Waals surface area contributed by atoms with Crippen molar-refractivity contribution in [3.63, 3.8) is 0 Å². The van der Waals surface area contributed by atoms with Gasteiger partial charge in [-0.3, -0.25) is 19.3 Å². The number of amides is 1. The fourth-order valence-corrected chi connectivity index (χ4v) is 6.21. The van der Waals surface area contributed by atoms with Gasteiger partial charge in [0.15, 0.2) is 11.4 Å². The van der Waals surface area contributed by atoms with Crippen molar-refractivity contribution in [2.75, 3.05) is 21.2 Å². The van der Waals surface area contributed by atoms with Crippen LogP contribution in [0.1, 0.15) is 33.5 Å². The molecular weight excluding hydrogens is 516 g/mol. The molecule has 2 aromatic carbocycles. The van der Waals surface area contributed by atoms with Crippen LogP contribution in [0.5, 0.6) is 11.5 Å². The number of hydrogen-bond acceptors (Lipinski definition) is 9. The number of aliphatic hydroxyl groups is 3. The molecule has 3 aliphatic rings. The molecule has 10 heteroatoms. The first-order valence-corrected chi connectivity index (χ1v) is 12.6. The molecule has 0 fully saturated rings. The number of aromatic hydroxyl groups is 1. The standard InChI is InChI=1S/C30H28N2O8/c1-32(2)24-19-13-16-12-18-15(8-7-14-5-4-6-17(11-14)40-3)9-10-20(33)22(18)25(34)21(16)27(36)30(19,39)28(37)23(26(24)35)29(31)38/h4-6,9-11,16,19,24,33,35-36,39H,12-13H2,1-3H3,(H2,31,38)/t16-,19-,24-,30-/m0/s1. The average Bonchev–Trinajstić information content (AvgIpc) is 2.90. The first kappa shape index (κ1) is 27.0. The normalized spacial score (nSPS) is 25.6. The van der Waals surface area contributed by atoms with Gasteiger partial charge in [0.2, 0.25) is 5.78 Å². The number of fused-ring (bicyclic) bond motifs is 3. The van der Waals surface area contributed by atoms with Crippen LogP contribution in [0.4, 0.5) is 0 Å². The van der Waals surface area contributed by atoms with Crippen molar-refractivity contribution in [2.45, 2.75) is 24.5 Å². The topological polar surface area (TPSA) is 171 Å². The van der Waals surface area contributed by atoms with E-state index in [0.717, 1.165) is 0 Å². The van der Waals surface area contributed by atoms with E-state index in [0.29, 0.717) is 22.4 Å². The zero-order chi connectivity index (χ0) is 29.1. The van der Waals surface area contributed by atoms with E-state index in [2.05, 4.69) is 11.8 Å². The first-order valence-electron chi connectivity index (χ1n) is 12.6. The highest BCUT2D eigenvalue weighted by Gasteiger charge is 2.63. The number of allylic oxidation sites excluding steroid dienone is 1. The lowest BCUT2D eigenvalue weighted by Crippen LogP contribution is -2.63. The summed E-state index contributed by atoms with van der Waals surface area (Å²) in [5.74, 6) is -0.188. The highest BCUT2D eigenvalue weighted by atomic mass is 16.5. The highest BCUT2D eigenvalue weighted by Crippen LogP contribution is 2.52. The van der Waals surface area contributed by atoms with Crippen LogP contribution < -0.4 is 10.5 Å². The van der Waals surface area contributed by atoms with E-state index in [1.165, 1.54) is 11.0 Å². The molecule has 10 nitrogen and oxygen atoms in total. The van der Waals surface area contributed by atoms with Gasteiger partial charge in [0.05, 0.1) is 18.7 Å². The van der Waals surface area contributed by atoms with Gasteiger partial charge >= 0.3 is 0 Å². The Balaban J connectivity index is 1.66. The number of rotatable bonds is 3. The Bertz CT molecular complexity index is 1610. The van der Waals surface area contributed by atoms with Crippen LogP contribution in [-0.4, -0.2) is 75.6 Å². The van der Waals surface area contributed by atoms with Crippen LogP contribution in [0.2, 0.25) is 0 Å². The molecule has 0 saturated carbocycles. The number of nitrogens with two attached hydrogens (primary N) is 1. The van der Waals surface area contributed by atoms with Gasteiger partial charge in [-0.15, -0.1) is 0 Å². The largest absolute Gasteiger partial charge is 0.510 e. The summed E-state index contributed by atoms with van der Waals surface area (Å²) in [6.07, 6.45) is 0.162. The van der Waals surface area contributed by atoms with Crippen LogP contribution in [0, 0.1) is 23.7 Å². The molecule has 5 rings (SSSR count). The molecule has 3 aliphatic carbocycles. The highest BCUT2D eigenvalue weighted by molar-refractivity contribution is 6.24. The van der Waals surface area contributed by atoms with Gasteiger partial charge < -0.3 is 30.9 Å². The van der Waals surface area contributed by atoms with Gasteiger partial charge in [-0.05, 0) is 68.8 Å². The predicted octanol–water partition coefficient (Wildman–Crippen LogP) is 1.53. The van der Waals surface area contributed by atoms with Crippen LogP contribution in [-0.2, 0) is 16.0 Å². The second-order valence-electron chi connectivity index (χ2n) is 10.4. The fraction of sp³-hybridized carbons (Fsp3) is 0.300. The van der Waals surface area contributed by atoms with Gasteiger partial charge in [0, 0.05) is 22.6 Å². The quantitative estimate of drug-likeness (QED) is 0.284. The van der Waals surface area contributed by atoms with E-state index in [1.54, 1.807) is 51.5 Å². The number of nitrogens with zero attached hydrogens (tertiary/aromatic N) is 1. The molecular formula is C30H28N2O8. The lowest BCUT2D eigenvalue weighted by molar-refractivity contribution is -0.148. The molecule has 0 aliphatic heterocycles. The maximum atomic E-state index is 13.8. The minimum atomic E-state index is -2.68. The summed E-state index contributed by atoms with van der Waals surface area (Å²) in [5.41, 5.74) is 3.17. The number of carbonyl (C=O) groups is 3. The minimum absolute atomic E-state index is 0.00414. The second-order valence-corrected chi connectivity index (χ2v) is 10.4. The van der Waals surface area contributed by atoms with Gasteiger partial charge in [0.25, 0.3) is 5.91 Å². The number of methoxy groups -OCH3 is 1. The Kier molecular flexibility index (Phi) is 6.45. The Morgan fingerprint density at radius 1 is 1.12 bits per heavy atom. The van der Waals surface area contributed by atoms with Gasteiger partial charge in [-0.2, -0.15) is 0 Å². The number of hydrogen-bond donors (Lipinski definition) is 5. The number of ether oxygens (including phenoxy) is 1. The van der Waals surface area contributed by atoms with Crippen LogP contribution >= 0.6 is 0 Å². The van der Waals surface area contributed by atoms with Crippen molar-refractivity contribution < 1.29 is 39.5 Å². The number of benzene rings is 2. The van der Waals surface area contributed by atoms with Crippen molar-refractivity contribution in [1.29, 1.82) is 0 Å². The van der Waals surface area contributed by atoms with Gasteiger partial charge in [-0.1, -0.05) is 17.9 Å². The van der Waals surface area contributed by atoms with E-state index in [-0.39, 0.29) is 29.7 Å². The molecule has 6 N–H and O–H groups in total. The number of carbonyl (C=O) groups excluding carboxylic acids is 3. The minimum Gasteiger partial charge on any atom is -0.510 e. The molecule has 0 bridgehead atoms. The number of ketones is 2. The number of likely N-dealkylation sites (N-methyl/N-ethyl adjacent to an activating group) is 1. The second kappa shape index (κ2) is 9.55. The molecule has 206 valence electrons. The molecule has 0 radical (unpaired) electrons. The Labute approximate surface area is 230 Å². The molecule has 0 unspecified atom stereocenters. The summed E-state index contributed by atoms with van der Waals surface area (Å²) < 4.78 is 5.24. The third kappa shape index (κ3) is 3.86. The third-order valence-electron chi connectivity index (χ3n) is 8.02. The van der Waals surface area contributed by atoms with Crippen molar-refractivity contribution in [3.8, 4) is 23.3 Å². The van der Waals surface area contributed by atoms with Crippen molar-refractivity contribution in [2.24, 2.45) is 17.6 Å². The first-order chi connectivity index (χ1) is 18.9. The van der Waals surface area contributed by atoms with Crippen LogP contribution in [0.3, 0.4) is 0 Å². The van der Waals surface area contributed by atoms with Crippen LogP contribution in [0.25, 0.3) is 0 Å². The molecule has 0 aromatic heterocycles. The molecule has 4 atom stereocenters. The number of primary amides is 1. The molecule has 2 aromatic rings. The third-order valence-corrected chi connectivity index (χ3v) is 8.02. The summed E-state index contributed by atoms with van der Waals surface area (Å²) >= 11 is 0. The van der Waals surface area contributed by atoms with Crippen LogP contribution in [0.15, 0.2) is 59.1 Å². The number of phenolic OH excluding ortho intramolecular Hbond substituents is 1. The molecule has 0 saturated heterocycles. The average molecular weight is 545 g/mol. The summed E-state index contributed by atoms with van der Waals surface area (Å²) in [6.45, 7) is 0.